The summed E-state index contributed by atoms with van der Waals surface area (Å²) < 4.78 is 14.4. The van der Waals surface area contributed by atoms with Gasteiger partial charge in [-0.15, -0.1) is 0 Å². The number of phenols is 2. The molecule has 2 fully saturated rings. The lowest BCUT2D eigenvalue weighted by Gasteiger charge is -2.50. The smallest absolute Gasteiger partial charge is 0.389 e. The van der Waals surface area contributed by atoms with Crippen molar-refractivity contribution in [2.24, 2.45) is 35.1 Å². The summed E-state index contributed by atoms with van der Waals surface area (Å²) in [6.45, 7) is 0. The number of rotatable bonds is 4. The number of nitrogens with zero attached hydrogens (tertiary/aromatic N) is 4. The summed E-state index contributed by atoms with van der Waals surface area (Å²) in [5.41, 5.74) is 2.79. The third kappa shape index (κ3) is 6.19. The van der Waals surface area contributed by atoms with Crippen LogP contribution in [-0.2, 0) is 41.6 Å². The number of hydrogen-bond acceptors (Lipinski definition) is 17. The highest BCUT2D eigenvalue weighted by Crippen LogP contribution is 2.55. The van der Waals surface area contributed by atoms with Crippen molar-refractivity contribution in [1.29, 1.82) is 5.39 Å². The number of carbonyl (C=O) groups excluding carboxylic acids is 6. The maximum atomic E-state index is 14.4. The van der Waals surface area contributed by atoms with Gasteiger partial charge in [-0.1, -0.05) is 0 Å². The fraction of sp³-hybridized carbons (Fsp3) is 0.372. The van der Waals surface area contributed by atoms with Crippen LogP contribution in [0.25, 0.3) is 16.5 Å². The average Bonchev–Trinajstić information content (AvgIpc) is 3.19. The molecule has 6 aliphatic carbocycles. The van der Waals surface area contributed by atoms with Crippen molar-refractivity contribution in [2.45, 2.75) is 49.0 Å². The second-order valence-corrected chi connectivity index (χ2v) is 16.9. The van der Waals surface area contributed by atoms with Crippen molar-refractivity contribution in [3.63, 3.8) is 0 Å². The molecule has 0 aliphatic heterocycles. The minimum atomic E-state index is -2.70. The number of likely N-dealkylation sites (N-methyl/N-ethyl adjacent to an activating group) is 2. The molecule has 0 aromatic heterocycles. The van der Waals surface area contributed by atoms with Crippen molar-refractivity contribution in [3.05, 3.63) is 98.5 Å². The molecule has 0 heterocycles. The van der Waals surface area contributed by atoms with Crippen LogP contribution in [0, 0.1) is 42.3 Å². The zero-order chi connectivity index (χ0) is 46.7. The molecule has 0 saturated heterocycles. The second-order valence-electron chi connectivity index (χ2n) is 16.9. The summed E-state index contributed by atoms with van der Waals surface area (Å²) in [6.07, 6.45) is -0.135. The van der Waals surface area contributed by atoms with Crippen molar-refractivity contribution >= 4 is 52.2 Å². The van der Waals surface area contributed by atoms with Gasteiger partial charge in [0.25, 0.3) is 11.8 Å². The van der Waals surface area contributed by atoms with E-state index in [9.17, 15) is 79.4 Å². The summed E-state index contributed by atoms with van der Waals surface area (Å²) >= 11 is 0. The number of ketones is 4. The molecule has 0 unspecified atom stereocenters. The predicted octanol–water partition coefficient (Wildman–Crippen LogP) is 1.00. The van der Waals surface area contributed by atoms with E-state index < -0.39 is 128 Å². The van der Waals surface area contributed by atoms with Crippen LogP contribution in [0.15, 0.2) is 58.1 Å². The van der Waals surface area contributed by atoms with Crippen LogP contribution in [-0.4, -0.2) is 137 Å². The van der Waals surface area contributed by atoms with Gasteiger partial charge in [-0.3, -0.25) is 38.6 Å². The third-order valence-corrected chi connectivity index (χ3v) is 13.2. The van der Waals surface area contributed by atoms with E-state index in [4.69, 9.17) is 11.5 Å². The zero-order valence-corrected chi connectivity index (χ0v) is 35.0. The summed E-state index contributed by atoms with van der Waals surface area (Å²) in [7, 11) is 6.05. The number of Topliss-reactive ketones (excluding diaryl/α,β-unsaturated/α-hetero) is 4. The number of aromatic hydroxyl groups is 2. The fourth-order valence-electron chi connectivity index (χ4n) is 10.5. The normalized spacial score (nSPS) is 29.4. The lowest BCUT2D eigenvalue weighted by Crippen LogP contribution is -2.65. The first-order valence-corrected chi connectivity index (χ1v) is 19.4. The molecule has 6 aliphatic rings. The summed E-state index contributed by atoms with van der Waals surface area (Å²) in [5.74, 6) is -15.5. The first kappa shape index (κ1) is 46.5. The van der Waals surface area contributed by atoms with Gasteiger partial charge in [0.15, 0.2) is 27.7 Å². The van der Waals surface area contributed by atoms with Crippen molar-refractivity contribution in [2.75, 3.05) is 28.2 Å². The monoisotopic (exact) mass is 888 g/mol. The molecule has 2 aromatic carbocycles. The maximum Gasteiger partial charge on any atom is 0.389 e. The van der Waals surface area contributed by atoms with Crippen molar-refractivity contribution in [1.82, 2.24) is 9.80 Å². The molecule has 0 bridgehead atoms. The molecule has 2 amide bonds. The highest BCUT2D eigenvalue weighted by molar-refractivity contribution is 6.25. The van der Waals surface area contributed by atoms with Crippen molar-refractivity contribution < 1.29 is 74.0 Å². The number of carbonyl (C=O) groups is 6. The predicted molar refractivity (Wildman–Crippen MR) is 220 cm³/mol. The molecule has 0 radical (unpaired) electrons. The summed E-state index contributed by atoms with van der Waals surface area (Å²) in [6, 6.07) is 2.26. The van der Waals surface area contributed by atoms with Crippen LogP contribution >= 0.6 is 0 Å². The minimum absolute atomic E-state index is 0. The SMILES string of the molecule is CN(C)[C@@H]1C(=O)C(C(N)=O)=C(O)[C@@]2(O)C(=O)C3=C(O)c4c(O)ccc(F)c4C[C@H]3C[C@@H]12.CN(C)[C@@H]1C(=O)C(C(N)=O)=C(O)[C@@]2(O)C(=O)C3=C(O)c4c(O)ccc([N+]#N)c4C[C@H]3C[C@@H]12.[CH3-]. The Kier molecular flexibility index (Phi) is 11.4. The van der Waals surface area contributed by atoms with Crippen molar-refractivity contribution in [3.8, 4) is 11.5 Å². The minimum Gasteiger partial charge on any atom is -0.508 e. The Bertz CT molecular complexity index is 2700. The van der Waals surface area contributed by atoms with Crippen LogP contribution in [0.1, 0.15) is 35.1 Å². The van der Waals surface area contributed by atoms with Crippen LogP contribution < -0.4 is 11.5 Å². The van der Waals surface area contributed by atoms with Crippen LogP contribution in [0.3, 0.4) is 0 Å². The van der Waals surface area contributed by atoms with Gasteiger partial charge in [-0.2, -0.15) is 0 Å². The Hall–Kier alpha value is -6.99. The number of fused-ring (bicyclic) bond motifs is 6. The second kappa shape index (κ2) is 15.7. The van der Waals surface area contributed by atoms with Gasteiger partial charge < -0.3 is 59.7 Å². The Balaban J connectivity index is 0.000000209. The number of diazo groups is 1. The van der Waals surface area contributed by atoms with E-state index in [1.54, 1.807) is 0 Å². The number of halogens is 1. The molecule has 0 spiro atoms. The highest BCUT2D eigenvalue weighted by atomic mass is 19.1. The van der Waals surface area contributed by atoms with Gasteiger partial charge >= 0.3 is 5.69 Å². The number of nitrogens with two attached hydrogens (primary N) is 2. The molecule has 20 nitrogen and oxygen atoms in total. The fourth-order valence-corrected chi connectivity index (χ4v) is 10.5. The molecular weight excluding hydrogens is 843 g/mol. The first-order chi connectivity index (χ1) is 29.4. The molecule has 8 rings (SSSR count). The quantitative estimate of drug-likeness (QED) is 0.116. The van der Waals surface area contributed by atoms with E-state index in [-0.39, 0.29) is 77.9 Å². The number of primary amides is 2. The Morgan fingerprint density at radius 2 is 1.06 bits per heavy atom. The van der Waals surface area contributed by atoms with Gasteiger partial charge in [0.2, 0.25) is 17.0 Å². The van der Waals surface area contributed by atoms with Crippen LogP contribution in [0.2, 0.25) is 0 Å². The van der Waals surface area contributed by atoms with Crippen LogP contribution in [0.4, 0.5) is 10.1 Å². The molecule has 2 aromatic rings. The van der Waals surface area contributed by atoms with Gasteiger partial charge in [-0.05, 0) is 83.9 Å². The molecule has 64 heavy (non-hydrogen) atoms. The van der Waals surface area contributed by atoms with Gasteiger partial charge in [0.05, 0.1) is 28.8 Å². The average molecular weight is 889 g/mol. The summed E-state index contributed by atoms with van der Waals surface area (Å²) in [4.78, 5) is 82.7. The molecule has 12 N–H and O–H groups in total. The van der Waals surface area contributed by atoms with E-state index in [1.165, 1.54) is 50.1 Å². The summed E-state index contributed by atoms with van der Waals surface area (Å²) in [5, 5.41) is 95.6. The van der Waals surface area contributed by atoms with Gasteiger partial charge in [0, 0.05) is 34.6 Å². The number of phenolic OH excluding ortho intramolecular Hbond substituents is 2. The van der Waals surface area contributed by atoms with E-state index in [0.717, 1.165) is 12.1 Å². The Morgan fingerprint density at radius 1 is 0.688 bits per heavy atom. The van der Waals surface area contributed by atoms with Gasteiger partial charge in [-0.25, -0.2) is 4.39 Å². The number of amides is 2. The van der Waals surface area contributed by atoms with Gasteiger partial charge in [0.1, 0.15) is 51.5 Å². The first-order valence-electron chi connectivity index (χ1n) is 19.4. The number of hydrogen-bond donors (Lipinski definition) is 10. The Morgan fingerprint density at radius 3 is 1.44 bits per heavy atom. The Labute approximate surface area is 363 Å². The lowest BCUT2D eigenvalue weighted by molar-refractivity contribution is -0.155. The number of aliphatic hydroxyl groups excluding tert-OH is 4. The maximum absolute atomic E-state index is 14.4. The highest BCUT2D eigenvalue weighted by Gasteiger charge is 2.66. The van der Waals surface area contributed by atoms with E-state index in [2.05, 4.69) is 4.98 Å². The lowest BCUT2D eigenvalue weighted by atomic mass is 9.57. The van der Waals surface area contributed by atoms with E-state index >= 15 is 0 Å². The van der Waals surface area contributed by atoms with E-state index in [1.807, 2.05) is 0 Å². The zero-order valence-electron chi connectivity index (χ0n) is 35.0. The topological polar surface area (TPSA) is 351 Å². The molecule has 2 saturated carbocycles. The largest absolute Gasteiger partial charge is 0.508 e. The molecule has 8 atom stereocenters. The van der Waals surface area contributed by atoms with Crippen LogP contribution in [0.5, 0.6) is 11.5 Å². The molecular formula is C43H45FN6O14. The molecule has 338 valence electrons. The number of aliphatic hydroxyl groups is 6. The van der Waals surface area contributed by atoms with E-state index in [0.29, 0.717) is 0 Å². The molecule has 21 heteroatoms. The standard InChI is InChI=1S/C21H21FN2O7.C21H20N4O7.CH3/c1-24(2)15-9-6-7-5-8-10(22)3-4-11(25)13(8)16(26)12(7)18(28)21(9,31)19(29)14(17(15)27)20(23)30;1-25(2)15-9-6-7-5-8-10(24-23)3-4-11(26)13(8)16(27)12(7)18(29)21(9,32)19(30)14(17(15)28)20(22)31;/h3-4,7,9,15,25-26,29,31H,5-6H2,1-2H3,(H2,23,30);3-4,7,9,15,32H,5-6H2,1-2H3,(H4-,22,26,27,28,29,30,31);1H3/q;;-1/p+1/t2*7-,9-,15-,21-;/m00./s1. The number of benzene rings is 2. The third-order valence-electron chi connectivity index (χ3n) is 13.2.